The van der Waals surface area contributed by atoms with Gasteiger partial charge in [0, 0.05) is 47.0 Å². The number of para-hydroxylation sites is 4. The van der Waals surface area contributed by atoms with Crippen LogP contribution < -0.4 is 40.3 Å². The standard InChI is InChI=1S/4C16H15ClFN2O8PS/c4*17-9-5-20(15(30)19-13(9)23)14-11(21)12(22)16(18,27-14)7-26-29(24)25-6-8-3-1-2-4-10(8)28-29/h4*1-5,11-12,14,21-22H,6-7H2,(H,19,23,30)/t4*11-,12+,14-,16-,29?/m1111/s1/i7D2,14D;14D;7D2;. The third-order valence-electron chi connectivity index (χ3n) is 17.5. The number of hydrogen-bond donors (Lipinski definition) is 12. The van der Waals surface area contributed by atoms with Gasteiger partial charge in [-0.15, -0.1) is 0 Å². The lowest BCUT2D eigenvalue weighted by Crippen LogP contribution is -2.43. The summed E-state index contributed by atoms with van der Waals surface area (Å²) in [5.41, 5.74) is -0.916. The van der Waals surface area contributed by atoms with E-state index < -0.39 is 202 Å². The topological polar surface area (TPSA) is 529 Å². The summed E-state index contributed by atoms with van der Waals surface area (Å²) in [6.45, 7) is -10.6. The van der Waals surface area contributed by atoms with Crippen LogP contribution in [-0.2, 0) is 99.8 Å². The molecule has 16 rings (SSSR count). The molecule has 8 aliphatic rings. The Morgan fingerprint density at radius 3 is 0.975 bits per heavy atom. The number of aliphatic hydroxyl groups is 8. The Balaban J connectivity index is 0.000000144. The van der Waals surface area contributed by atoms with Crippen LogP contribution in [0.3, 0.4) is 0 Å². The Morgan fingerprint density at radius 1 is 0.400 bits per heavy atom. The second-order valence-corrected chi connectivity index (χ2v) is 34.9. The molecule has 648 valence electrons. The van der Waals surface area contributed by atoms with E-state index in [9.17, 15) is 78.3 Å². The molecule has 20 atom stereocenters. The molecule has 0 radical (unpaired) electrons. The minimum absolute atomic E-state index is 0.0349. The highest BCUT2D eigenvalue weighted by atomic mass is 35.5. The number of aromatic nitrogens is 8. The normalized spacial score (nSPS) is 35.3. The molecule has 0 bridgehead atoms. The molecule has 4 unspecified atom stereocenters. The summed E-state index contributed by atoms with van der Waals surface area (Å²) < 4.78 is 243. The Hall–Kier alpha value is -6.52. The van der Waals surface area contributed by atoms with E-state index in [1.54, 1.807) is 72.8 Å². The maximum Gasteiger partial charge on any atom is 0.530 e. The molecule has 0 saturated carbocycles. The van der Waals surface area contributed by atoms with Gasteiger partial charge < -0.3 is 77.9 Å². The lowest BCUT2D eigenvalue weighted by molar-refractivity contribution is -0.205. The lowest BCUT2D eigenvalue weighted by atomic mass is 10.1. The molecule has 12 heterocycles. The summed E-state index contributed by atoms with van der Waals surface area (Å²) in [5.74, 6) is -13.4. The van der Waals surface area contributed by atoms with E-state index in [0.717, 1.165) is 33.9 Å². The number of aromatic amines is 4. The number of fused-ring (bicyclic) bond motifs is 4. The zero-order chi connectivity index (χ0) is 92.2. The quantitative estimate of drug-likeness (QED) is 0.0244. The van der Waals surface area contributed by atoms with Crippen LogP contribution in [0.4, 0.5) is 17.6 Å². The Bertz CT molecular complexity index is 6340. The van der Waals surface area contributed by atoms with Crippen molar-refractivity contribution in [3.63, 3.8) is 0 Å². The van der Waals surface area contributed by atoms with E-state index in [1.807, 2.05) is 0 Å². The van der Waals surface area contributed by atoms with Gasteiger partial charge in [-0.25, -0.2) is 35.8 Å². The highest BCUT2D eigenvalue weighted by molar-refractivity contribution is 7.71. The average molecular weight is 1930 g/mol. The molecule has 4 aromatic carbocycles. The van der Waals surface area contributed by atoms with E-state index in [-0.39, 0.29) is 64.0 Å². The number of hydrogen-bond acceptors (Lipinski definition) is 36. The first-order chi connectivity index (χ1) is 58.7. The second-order valence-electron chi connectivity index (χ2n) is 25.5. The molecule has 4 fully saturated rings. The van der Waals surface area contributed by atoms with Gasteiger partial charge in [0.25, 0.3) is 45.7 Å². The van der Waals surface area contributed by atoms with Gasteiger partial charge in [-0.2, -0.15) is 0 Å². The fourth-order valence-electron chi connectivity index (χ4n) is 11.3. The molecule has 56 heteroatoms. The first-order valence-corrected chi connectivity index (χ1v) is 42.5. The van der Waals surface area contributed by atoms with Crippen molar-refractivity contribution in [1.29, 1.82) is 0 Å². The Morgan fingerprint density at radius 2 is 0.642 bits per heavy atom. The first-order valence-electron chi connectivity index (χ1n) is 36.5. The summed E-state index contributed by atoms with van der Waals surface area (Å²) in [5, 5.41) is 80.7. The largest absolute Gasteiger partial charge is 0.530 e. The third kappa shape index (κ3) is 19.3. The number of H-pyrrole nitrogens is 4. The maximum absolute atomic E-state index is 15.8. The number of nitrogens with one attached hydrogen (secondary N) is 4. The summed E-state index contributed by atoms with van der Waals surface area (Å²) >= 11 is 42.6. The number of phosphoric acid groups is 4. The van der Waals surface area contributed by atoms with Gasteiger partial charge in [0.1, 0.15) is 118 Å². The van der Waals surface area contributed by atoms with Crippen molar-refractivity contribution in [3.8, 4) is 23.0 Å². The van der Waals surface area contributed by atoms with Gasteiger partial charge in [0.05, 0.1) is 34.7 Å². The van der Waals surface area contributed by atoms with E-state index in [0.29, 0.717) is 31.4 Å². The highest BCUT2D eigenvalue weighted by Gasteiger charge is 2.62. The monoisotopic (exact) mass is 1930 g/mol. The molecule has 4 saturated heterocycles. The predicted octanol–water partition coefficient (Wildman–Crippen LogP) is 8.84. The second kappa shape index (κ2) is 35.8. The average Bonchev–Trinajstić information content (AvgIpc) is 1.57. The van der Waals surface area contributed by atoms with Crippen LogP contribution in [0.25, 0.3) is 0 Å². The number of halogens is 8. The predicted molar refractivity (Wildman–Crippen MR) is 409 cm³/mol. The molecule has 8 aromatic rings. The van der Waals surface area contributed by atoms with Gasteiger partial charge in [-0.05, 0) is 73.1 Å². The first kappa shape index (κ1) is 83.1. The number of rotatable bonds is 16. The summed E-state index contributed by atoms with van der Waals surface area (Å²) in [4.78, 5) is 54.8. The van der Waals surface area contributed by atoms with Crippen molar-refractivity contribution in [2.24, 2.45) is 0 Å². The van der Waals surface area contributed by atoms with E-state index in [4.69, 9.17) is 177 Å². The Labute approximate surface area is 716 Å². The van der Waals surface area contributed by atoms with Gasteiger partial charge in [-0.3, -0.25) is 93.6 Å². The smallest absolute Gasteiger partial charge is 0.404 e. The van der Waals surface area contributed by atoms with Crippen molar-refractivity contribution >= 4 is 127 Å². The van der Waals surface area contributed by atoms with Gasteiger partial charge in [0.2, 0.25) is 0 Å². The molecule has 0 amide bonds. The van der Waals surface area contributed by atoms with Crippen LogP contribution >= 0.6 is 127 Å². The number of benzene rings is 4. The van der Waals surface area contributed by atoms with Crippen LogP contribution in [-0.4, -0.2) is 178 Å². The number of ether oxygens (including phenoxy) is 4. The minimum atomic E-state index is -4.79. The van der Waals surface area contributed by atoms with Crippen molar-refractivity contribution in [3.05, 3.63) is 225 Å². The Kier molecular flexibility index (Phi) is 24.8. The lowest BCUT2D eigenvalue weighted by Gasteiger charge is -2.28. The molecule has 40 nitrogen and oxygen atoms in total. The fourth-order valence-corrected chi connectivity index (χ4v) is 17.5. The van der Waals surface area contributed by atoms with Crippen molar-refractivity contribution < 1.29 is 158 Å². The van der Waals surface area contributed by atoms with Crippen LogP contribution in [0.2, 0.25) is 20.1 Å². The summed E-state index contributed by atoms with van der Waals surface area (Å²) in [6, 6.07) is 25.6. The van der Waals surface area contributed by atoms with Crippen molar-refractivity contribution in [2.45, 2.75) is 124 Å². The van der Waals surface area contributed by atoms with E-state index >= 15 is 17.6 Å². The van der Waals surface area contributed by atoms with Crippen LogP contribution in [0.15, 0.2) is 141 Å². The van der Waals surface area contributed by atoms with Crippen LogP contribution in [0, 0.1) is 19.1 Å². The van der Waals surface area contributed by atoms with Gasteiger partial charge >= 0.3 is 31.3 Å². The van der Waals surface area contributed by atoms with Crippen LogP contribution in [0.5, 0.6) is 23.0 Å². The molecule has 8 aliphatic heterocycles. The third-order valence-corrected chi connectivity index (χ3v) is 24.7. The minimum Gasteiger partial charge on any atom is -0.404 e. The SMILES string of the molecule is O=c1[nH]c(=S)n([C@@H]2O[C@](F)(COP3(=O)OCc4ccccc4O3)[C@@H](O)[C@H]2O)cc1Cl.[2H]C([2H])(OP1(=O)OCc2ccccc2O1)[C@@]1(F)O[C@@H](n2cc(Cl)c(=O)[nH]c2=S)[C@H](O)[C@@H]1O.[2H]C([2H])(OP1(=O)OCc2ccccc2O1)[C@@]1(F)O[C@@]([2H])(n2cc(Cl)c(=O)[nH]c2=S)[C@H](O)[C@@H]1O.[2H][C@@]1(n2cc(Cl)c(=O)[nH]c2=S)O[C@](F)(COP2(=O)OCc3ccccc3O2)[C@@H](O)[C@H]1O. The maximum atomic E-state index is 15.8. The van der Waals surface area contributed by atoms with Gasteiger partial charge in [-0.1, -0.05) is 119 Å². The molecule has 0 aliphatic carbocycles. The molecular weight excluding hydrogens is 1860 g/mol. The molecule has 4 aromatic heterocycles. The number of phosphoric ester groups is 4. The fraction of sp³-hybridized carbons (Fsp3) is 0.375. The molecular formula is C64H60Cl4F4N8O32P4S4. The van der Waals surface area contributed by atoms with E-state index in [2.05, 4.69) is 19.9 Å². The highest BCUT2D eigenvalue weighted by Crippen LogP contribution is 2.60. The number of nitrogens with zero attached hydrogens (tertiary/aromatic N) is 4. The number of aliphatic hydroxyl groups excluding tert-OH is 8. The van der Waals surface area contributed by atoms with Crippen LogP contribution in [0.1, 0.15) is 55.3 Å². The number of alkyl halides is 4. The zero-order valence-electron chi connectivity index (χ0n) is 65.2. The van der Waals surface area contributed by atoms with Gasteiger partial charge in [0.15, 0.2) is 43.9 Å². The zero-order valence-corrected chi connectivity index (χ0v) is 69.0. The summed E-state index contributed by atoms with van der Waals surface area (Å²) in [6.07, 6.45) is -24.0. The van der Waals surface area contributed by atoms with Crippen molar-refractivity contribution in [1.82, 2.24) is 38.2 Å². The molecule has 12 N–H and O–H groups in total. The van der Waals surface area contributed by atoms with Crippen molar-refractivity contribution in [2.75, 3.05) is 26.3 Å². The van der Waals surface area contributed by atoms with E-state index in [1.165, 1.54) is 24.3 Å². The summed E-state index contributed by atoms with van der Waals surface area (Å²) in [7, 11) is -18.0. The molecule has 120 heavy (non-hydrogen) atoms. The molecule has 0 spiro atoms.